The Labute approximate surface area is 806 Å². The number of anilines is 3. The Balaban J connectivity index is 0.000000246. The van der Waals surface area contributed by atoms with Crippen LogP contribution in [0.2, 0.25) is 0 Å². The molecule has 5 amide bonds. The molecule has 2 aliphatic heterocycles. The third kappa shape index (κ3) is 25.4. The molecule has 3 aromatic heterocycles. The number of nitrogens with zero attached hydrogens (tertiary/aromatic N) is 10. The first-order valence-corrected chi connectivity index (χ1v) is 51.1. The van der Waals surface area contributed by atoms with Gasteiger partial charge in [0.05, 0.1) is 43.2 Å². The molecule has 3 atom stereocenters. The van der Waals surface area contributed by atoms with Crippen LogP contribution in [0, 0.1) is 54.8 Å². The summed E-state index contributed by atoms with van der Waals surface area (Å²) in [6.07, 6.45) is 22.7. The lowest BCUT2D eigenvalue weighted by molar-refractivity contribution is -0.171. The van der Waals surface area contributed by atoms with Crippen LogP contribution in [0.3, 0.4) is 0 Å². The van der Waals surface area contributed by atoms with E-state index < -0.39 is 63.9 Å². The van der Waals surface area contributed by atoms with Crippen molar-refractivity contribution in [3.05, 3.63) is 189 Å². The fourth-order valence-corrected chi connectivity index (χ4v) is 20.5. The summed E-state index contributed by atoms with van der Waals surface area (Å²) in [4.78, 5) is 150. The fourth-order valence-electron chi connectivity index (χ4n) is 17.3. The number of hydrogen-bond acceptors (Lipinski definition) is 19. The van der Waals surface area contributed by atoms with Crippen molar-refractivity contribution in [1.29, 1.82) is 5.26 Å². The predicted molar refractivity (Wildman–Crippen MR) is 552 cm³/mol. The van der Waals surface area contributed by atoms with Crippen molar-refractivity contribution >= 4 is 120 Å². The highest BCUT2D eigenvalue weighted by atomic mass is 32.1. The number of imide groups is 2. The van der Waals surface area contributed by atoms with Gasteiger partial charge in [-0.05, 0) is 194 Å². The Morgan fingerprint density at radius 2 is 0.872 bits per heavy atom. The topological polar surface area (TPSA) is 236 Å². The monoisotopic (exact) mass is 1860 g/mol. The van der Waals surface area contributed by atoms with Gasteiger partial charge in [-0.2, -0.15) is 10.3 Å². The fraction of sp³-hybridized carbons (Fsp3) is 0.505. The van der Waals surface area contributed by atoms with Gasteiger partial charge in [-0.1, -0.05) is 289 Å². The number of hydrogen-bond donors (Lipinski definition) is 0. The Kier molecular flexibility index (Phi) is 39.9. The first-order chi connectivity index (χ1) is 63.1. The van der Waals surface area contributed by atoms with E-state index >= 15 is 0 Å². The molecule has 0 bridgehead atoms. The number of allylic oxidation sites excluding steroid dienone is 3. The lowest BCUT2D eigenvalue weighted by Gasteiger charge is -2.37. The molecule has 133 heavy (non-hydrogen) atoms. The van der Waals surface area contributed by atoms with Crippen molar-refractivity contribution in [2.24, 2.45) is 22.7 Å². The maximum atomic E-state index is 14.6. The predicted octanol–water partition coefficient (Wildman–Crippen LogP) is 26.1. The molecular weight excluding hydrogens is 1710 g/mol. The number of ketones is 4. The van der Waals surface area contributed by atoms with Gasteiger partial charge in [0, 0.05) is 113 Å². The van der Waals surface area contributed by atoms with Crippen molar-refractivity contribution in [3.63, 3.8) is 0 Å². The number of carbonyl (C=O) groups excluding carboxylic acids is 9. The Morgan fingerprint density at radius 3 is 1.29 bits per heavy atom. The van der Waals surface area contributed by atoms with E-state index in [1.807, 2.05) is 43.4 Å². The highest BCUT2D eigenvalue weighted by molar-refractivity contribution is 7.17. The number of benzene rings is 4. The number of rotatable bonds is 39. The molecule has 22 heteroatoms. The molecule has 0 radical (unpaired) electrons. The first-order valence-electron chi connectivity index (χ1n) is 48.6. The highest BCUT2D eigenvalue weighted by Gasteiger charge is 2.47. The lowest BCUT2D eigenvalue weighted by Crippen LogP contribution is -2.56. The van der Waals surface area contributed by atoms with Gasteiger partial charge in [0.2, 0.25) is 5.91 Å². The molecule has 0 spiro atoms. The average molecular weight is 1860 g/mol. The van der Waals surface area contributed by atoms with Gasteiger partial charge in [-0.25, -0.2) is 20.0 Å². The minimum Gasteiger partial charge on any atom is -0.348 e. The Bertz CT molecular complexity index is 5560. The van der Waals surface area contributed by atoms with Crippen molar-refractivity contribution in [3.8, 4) is 39.8 Å². The third-order valence-corrected chi connectivity index (χ3v) is 28.7. The van der Waals surface area contributed by atoms with Gasteiger partial charge in [0.1, 0.15) is 17.9 Å². The molecule has 7 aromatic rings. The van der Waals surface area contributed by atoms with Crippen LogP contribution in [-0.2, 0) is 51.2 Å². The van der Waals surface area contributed by atoms with E-state index in [1.165, 1.54) is 45.0 Å². The zero-order valence-electron chi connectivity index (χ0n) is 84.8. The van der Waals surface area contributed by atoms with Crippen LogP contribution < -0.4 is 14.7 Å². The number of aryl methyl sites for hydroxylation is 5. The maximum absolute atomic E-state index is 14.6. The average Bonchev–Trinajstić information content (AvgIpc) is 1.51. The zero-order chi connectivity index (χ0) is 98.4. The standard InChI is InChI=1S/C41H53N3O3S.C35H50N4O3S.C35H45N3O3S/c1-9-12-22-33-29(7)39(46)44(30(8)38(45)31-20-16-15-17-21-31)40(47)34(33)26-35-37(36-28(6)19-18-23-32(36)27(4)5)42-41(48-35)43(24-13-10-2)25-14-11-3;1-11-15-20-38(21-16-12-2)34-36-30(29-25(13-3)18-17-19-26(29)14-4)28(43-34)22-27-23(5)24(6)31(40)39(32(27)41)37(10)33(42)35(7,8)9;1-10-12-17-38(18-13-11-2)34-37-30(28-21(3)15-14-16-22(28)4)27(42-34)19-25-23(5)26(20-36)32(40)29(31(25)39)24(6)33(41)35(7,8)9/h15-21,23,26-27,30H,9-14,22,24-25H2,1-8H3;17-19,22H,11-16,20-21H2,1-10H3;14-16,19,24,29H,10-13,17-18H2,1-9H3/b34-26-;27-22-;25-19-. The minimum atomic E-state index is -1.22. The van der Waals surface area contributed by atoms with Crippen molar-refractivity contribution < 1.29 is 43.2 Å². The van der Waals surface area contributed by atoms with Crippen LogP contribution in [0.15, 0.2) is 135 Å². The molecule has 4 aromatic carbocycles. The molecule has 0 saturated heterocycles. The molecule has 714 valence electrons. The zero-order valence-corrected chi connectivity index (χ0v) is 87.2. The highest BCUT2D eigenvalue weighted by Crippen LogP contribution is 2.47. The van der Waals surface area contributed by atoms with Gasteiger partial charge < -0.3 is 14.7 Å². The normalized spacial score (nSPS) is 15.9. The van der Waals surface area contributed by atoms with E-state index in [-0.39, 0.29) is 29.0 Å². The first kappa shape index (κ1) is 108. The number of unbranched alkanes of at least 4 members (excludes halogenated alkanes) is 7. The molecule has 3 unspecified atom stereocenters. The quantitative estimate of drug-likeness (QED) is 0.0151. The summed E-state index contributed by atoms with van der Waals surface area (Å²) in [6, 6.07) is 29.0. The third-order valence-electron chi connectivity index (χ3n) is 25.5. The van der Waals surface area contributed by atoms with Crippen LogP contribution in [-0.4, -0.2) is 135 Å². The van der Waals surface area contributed by atoms with Crippen LogP contribution in [0.25, 0.3) is 52.0 Å². The number of amides is 5. The molecule has 10 rings (SSSR count). The van der Waals surface area contributed by atoms with Crippen molar-refractivity contribution in [2.75, 3.05) is 61.0 Å². The SMILES string of the molecule is CCCCC1=C(C)C(=O)N(C(C)C(=O)c2ccccc2)C(=O)/C1=C\c1sc(N(CCCC)CCCC)nc1-c1c(C)cccc1C(C)C.CCCCN(CCCC)c1nc(-c2c(C)cccc2C)c(/C=C2\C(=O)C(C(C)C(=O)C(C)(C)C)C(=O)C(C#N)=C2C)s1.CCCCN(CCCC)c1nc(-c2c(CC)cccc2CC)c(/C=C2\C(=O)N(N(C)C(=O)C(C)(C)C)C(=O)C(C)=C2C)s1. The van der Waals surface area contributed by atoms with Gasteiger partial charge in [-0.3, -0.25) is 48.1 Å². The Morgan fingerprint density at radius 1 is 0.459 bits per heavy atom. The summed E-state index contributed by atoms with van der Waals surface area (Å²) in [5.41, 5.74) is 15.6. The molecule has 5 heterocycles. The molecule has 0 N–H and O–H groups in total. The van der Waals surface area contributed by atoms with E-state index in [2.05, 4.69) is 160 Å². The second-order valence-corrected chi connectivity index (χ2v) is 41.1. The summed E-state index contributed by atoms with van der Waals surface area (Å²) >= 11 is 4.76. The van der Waals surface area contributed by atoms with Crippen LogP contribution >= 0.6 is 34.0 Å². The van der Waals surface area contributed by atoms with Crippen LogP contribution in [0.1, 0.15) is 320 Å². The molecule has 0 fully saturated rings. The second-order valence-electron chi connectivity index (χ2n) is 38.1. The summed E-state index contributed by atoms with van der Waals surface area (Å²) in [5, 5.41) is 15.0. The molecule has 1 aliphatic carbocycles. The van der Waals surface area contributed by atoms with E-state index in [1.54, 1.807) is 123 Å². The number of hydrazine groups is 1. The number of thiazole rings is 3. The largest absolute Gasteiger partial charge is 0.348 e. The summed E-state index contributed by atoms with van der Waals surface area (Å²) in [7, 11) is 1.50. The molecular formula is C111H148N10O9S3. The lowest BCUT2D eigenvalue weighted by atomic mass is 9.69. The van der Waals surface area contributed by atoms with Crippen molar-refractivity contribution in [2.45, 2.75) is 301 Å². The van der Waals surface area contributed by atoms with E-state index in [4.69, 9.17) is 15.0 Å². The molecule has 0 saturated carbocycles. The summed E-state index contributed by atoms with van der Waals surface area (Å²) in [6.45, 7) is 56.7. The maximum Gasteiger partial charge on any atom is 0.280 e. The molecule has 19 nitrogen and oxygen atoms in total. The van der Waals surface area contributed by atoms with Crippen molar-refractivity contribution in [1.82, 2.24) is 29.9 Å². The smallest absolute Gasteiger partial charge is 0.280 e. The summed E-state index contributed by atoms with van der Waals surface area (Å²) < 4.78 is 0. The van der Waals surface area contributed by atoms with E-state index in [9.17, 15) is 48.4 Å². The number of nitriles is 1. The summed E-state index contributed by atoms with van der Waals surface area (Å²) in [5.74, 6) is -5.29. The Hall–Kier alpha value is -10.5. The van der Waals surface area contributed by atoms with Crippen LogP contribution in [0.5, 0.6) is 0 Å². The van der Waals surface area contributed by atoms with Gasteiger partial charge in [0.15, 0.2) is 32.7 Å². The number of aromatic nitrogens is 3. The van der Waals surface area contributed by atoms with E-state index in [0.717, 1.165) is 233 Å². The van der Waals surface area contributed by atoms with Gasteiger partial charge in [-0.15, -0.1) is 0 Å². The van der Waals surface area contributed by atoms with Crippen LogP contribution in [0.4, 0.5) is 15.4 Å². The van der Waals surface area contributed by atoms with E-state index in [0.29, 0.717) is 51.0 Å². The second kappa shape index (κ2) is 49.1. The molecule has 3 aliphatic rings. The van der Waals surface area contributed by atoms with Gasteiger partial charge >= 0.3 is 0 Å². The minimum absolute atomic E-state index is 0.0507. The number of carbonyl (C=O) groups is 9. The van der Waals surface area contributed by atoms with Gasteiger partial charge in [0.25, 0.3) is 23.6 Å². The number of Topliss-reactive ketones (excluding diaryl/α,β-unsaturated/α-hetero) is 4.